The first kappa shape index (κ1) is 14.7. The van der Waals surface area contributed by atoms with E-state index in [4.69, 9.17) is 21.1 Å². The fourth-order valence-corrected chi connectivity index (χ4v) is 2.27. The van der Waals surface area contributed by atoms with Gasteiger partial charge in [0.05, 0.1) is 18.2 Å². The smallest absolute Gasteiger partial charge is 0.133 e. The highest BCUT2D eigenvalue weighted by Crippen LogP contribution is 2.29. The van der Waals surface area contributed by atoms with Crippen LogP contribution in [0.4, 0.5) is 0 Å². The van der Waals surface area contributed by atoms with Crippen LogP contribution in [0.5, 0.6) is 11.5 Å². The standard InChI is InChI=1S/C13H18BrClO2/c1-10(5-7-15)6-8-17-13-4-3-11(16-2)9-12(13)14/h3-4,9-10H,5-8H2,1-2H3. The maximum Gasteiger partial charge on any atom is 0.133 e. The Bertz CT molecular complexity index is 344. The molecule has 0 aliphatic heterocycles. The molecule has 0 heterocycles. The fourth-order valence-electron chi connectivity index (χ4n) is 1.43. The Balaban J connectivity index is 2.41. The first-order chi connectivity index (χ1) is 8.17. The first-order valence-electron chi connectivity index (χ1n) is 5.69. The second kappa shape index (κ2) is 7.83. The van der Waals surface area contributed by atoms with Crippen molar-refractivity contribution in [2.75, 3.05) is 19.6 Å². The Hall–Kier alpha value is -0.410. The van der Waals surface area contributed by atoms with E-state index in [-0.39, 0.29) is 0 Å². The number of ether oxygens (including phenoxy) is 2. The summed E-state index contributed by atoms with van der Waals surface area (Å²) < 4.78 is 11.8. The average Bonchev–Trinajstić information content (AvgIpc) is 2.31. The minimum atomic E-state index is 0.601. The van der Waals surface area contributed by atoms with Crippen LogP contribution in [0.15, 0.2) is 22.7 Å². The van der Waals surface area contributed by atoms with Crippen molar-refractivity contribution < 1.29 is 9.47 Å². The largest absolute Gasteiger partial charge is 0.497 e. The van der Waals surface area contributed by atoms with Gasteiger partial charge in [0, 0.05) is 5.88 Å². The predicted octanol–water partition coefficient (Wildman–Crippen LogP) is 4.49. The third-order valence-electron chi connectivity index (χ3n) is 2.61. The molecule has 0 amide bonds. The Kier molecular flexibility index (Phi) is 6.75. The zero-order valence-corrected chi connectivity index (χ0v) is 12.6. The Morgan fingerprint density at radius 3 is 2.71 bits per heavy atom. The van der Waals surface area contributed by atoms with E-state index in [0.717, 1.165) is 28.8 Å². The van der Waals surface area contributed by atoms with Crippen LogP contribution in [0.2, 0.25) is 0 Å². The molecule has 0 N–H and O–H groups in total. The Morgan fingerprint density at radius 1 is 1.35 bits per heavy atom. The molecule has 1 unspecified atom stereocenters. The van der Waals surface area contributed by atoms with Crippen LogP contribution in [0, 0.1) is 5.92 Å². The molecule has 0 aliphatic rings. The van der Waals surface area contributed by atoms with Gasteiger partial charge in [0.15, 0.2) is 0 Å². The van der Waals surface area contributed by atoms with Gasteiger partial charge in [-0.2, -0.15) is 0 Å². The maximum atomic E-state index is 5.71. The fraction of sp³-hybridized carbons (Fsp3) is 0.538. The van der Waals surface area contributed by atoms with E-state index < -0.39 is 0 Å². The molecule has 0 spiro atoms. The molecule has 1 aromatic carbocycles. The molecule has 0 radical (unpaired) electrons. The van der Waals surface area contributed by atoms with E-state index in [0.29, 0.717) is 18.4 Å². The van der Waals surface area contributed by atoms with Gasteiger partial charge in [-0.1, -0.05) is 6.92 Å². The van der Waals surface area contributed by atoms with Crippen molar-refractivity contribution in [3.63, 3.8) is 0 Å². The molecule has 96 valence electrons. The molecule has 0 fully saturated rings. The Morgan fingerprint density at radius 2 is 2.12 bits per heavy atom. The van der Waals surface area contributed by atoms with E-state index in [2.05, 4.69) is 22.9 Å². The lowest BCUT2D eigenvalue weighted by Gasteiger charge is -2.12. The molecule has 1 aromatic rings. The molecule has 17 heavy (non-hydrogen) atoms. The summed E-state index contributed by atoms with van der Waals surface area (Å²) in [5.74, 6) is 2.99. The van der Waals surface area contributed by atoms with Gasteiger partial charge in [0.2, 0.25) is 0 Å². The summed E-state index contributed by atoms with van der Waals surface area (Å²) in [6.45, 7) is 2.90. The summed E-state index contributed by atoms with van der Waals surface area (Å²) in [5.41, 5.74) is 0. The van der Waals surface area contributed by atoms with E-state index in [1.165, 1.54) is 0 Å². The van der Waals surface area contributed by atoms with Crippen molar-refractivity contribution in [3.05, 3.63) is 22.7 Å². The number of methoxy groups -OCH3 is 1. The summed E-state index contributed by atoms with van der Waals surface area (Å²) in [6.07, 6.45) is 2.06. The quantitative estimate of drug-likeness (QED) is 0.689. The summed E-state index contributed by atoms with van der Waals surface area (Å²) in [4.78, 5) is 0. The number of hydrogen-bond donors (Lipinski definition) is 0. The summed E-state index contributed by atoms with van der Waals surface area (Å²) in [6, 6.07) is 5.70. The van der Waals surface area contributed by atoms with Gasteiger partial charge in [-0.15, -0.1) is 11.6 Å². The lowest BCUT2D eigenvalue weighted by atomic mass is 10.1. The van der Waals surface area contributed by atoms with Crippen LogP contribution in [0.1, 0.15) is 19.8 Å². The normalized spacial score (nSPS) is 12.2. The van der Waals surface area contributed by atoms with Gasteiger partial charge in [-0.25, -0.2) is 0 Å². The second-order valence-corrected chi connectivity index (χ2v) is 5.25. The Labute approximate surface area is 116 Å². The molecule has 0 saturated carbocycles. The summed E-state index contributed by atoms with van der Waals surface area (Å²) in [5, 5.41) is 0. The summed E-state index contributed by atoms with van der Waals surface area (Å²) >= 11 is 9.15. The van der Waals surface area contributed by atoms with Gasteiger partial charge < -0.3 is 9.47 Å². The number of rotatable bonds is 7. The number of hydrogen-bond acceptors (Lipinski definition) is 2. The topological polar surface area (TPSA) is 18.5 Å². The lowest BCUT2D eigenvalue weighted by molar-refractivity contribution is 0.280. The van der Waals surface area contributed by atoms with Gasteiger partial charge >= 0.3 is 0 Å². The van der Waals surface area contributed by atoms with Crippen LogP contribution >= 0.6 is 27.5 Å². The van der Waals surface area contributed by atoms with E-state index in [1.54, 1.807) is 7.11 Å². The van der Waals surface area contributed by atoms with Crippen LogP contribution in [0.25, 0.3) is 0 Å². The lowest BCUT2D eigenvalue weighted by Crippen LogP contribution is -2.05. The van der Waals surface area contributed by atoms with Crippen molar-refractivity contribution in [1.29, 1.82) is 0 Å². The minimum Gasteiger partial charge on any atom is -0.497 e. The second-order valence-electron chi connectivity index (χ2n) is 4.02. The van der Waals surface area contributed by atoms with Gasteiger partial charge in [0.1, 0.15) is 11.5 Å². The van der Waals surface area contributed by atoms with E-state index >= 15 is 0 Å². The van der Waals surface area contributed by atoms with Crippen molar-refractivity contribution in [2.45, 2.75) is 19.8 Å². The molecular formula is C13H18BrClO2. The molecule has 0 saturated heterocycles. The van der Waals surface area contributed by atoms with Crippen LogP contribution < -0.4 is 9.47 Å². The third-order valence-corrected chi connectivity index (χ3v) is 3.45. The first-order valence-corrected chi connectivity index (χ1v) is 7.02. The summed E-state index contributed by atoms with van der Waals surface area (Å²) in [7, 11) is 1.65. The minimum absolute atomic E-state index is 0.601. The highest BCUT2D eigenvalue weighted by molar-refractivity contribution is 9.10. The highest BCUT2D eigenvalue weighted by atomic mass is 79.9. The van der Waals surface area contributed by atoms with Crippen molar-refractivity contribution in [1.82, 2.24) is 0 Å². The molecule has 2 nitrogen and oxygen atoms in total. The predicted molar refractivity (Wildman–Crippen MR) is 75.3 cm³/mol. The number of benzene rings is 1. The van der Waals surface area contributed by atoms with Gasteiger partial charge in [-0.05, 0) is 52.9 Å². The van der Waals surface area contributed by atoms with Crippen molar-refractivity contribution in [2.24, 2.45) is 5.92 Å². The number of halogens is 2. The zero-order valence-electron chi connectivity index (χ0n) is 10.2. The van der Waals surface area contributed by atoms with Gasteiger partial charge in [0.25, 0.3) is 0 Å². The molecular weight excluding hydrogens is 303 g/mol. The number of alkyl halides is 1. The van der Waals surface area contributed by atoms with Crippen molar-refractivity contribution in [3.8, 4) is 11.5 Å². The van der Waals surface area contributed by atoms with E-state index in [1.807, 2.05) is 18.2 Å². The zero-order chi connectivity index (χ0) is 12.7. The molecule has 1 rings (SSSR count). The average molecular weight is 322 g/mol. The SMILES string of the molecule is COc1ccc(OCCC(C)CCCl)c(Br)c1. The third kappa shape index (κ3) is 5.17. The monoisotopic (exact) mass is 320 g/mol. The van der Waals surface area contributed by atoms with Gasteiger partial charge in [-0.3, -0.25) is 0 Å². The molecule has 0 bridgehead atoms. The molecule has 0 aromatic heterocycles. The van der Waals surface area contributed by atoms with Crippen LogP contribution in [-0.4, -0.2) is 19.6 Å². The highest BCUT2D eigenvalue weighted by Gasteiger charge is 2.05. The molecule has 4 heteroatoms. The van der Waals surface area contributed by atoms with Crippen LogP contribution in [-0.2, 0) is 0 Å². The molecule has 1 atom stereocenters. The van der Waals surface area contributed by atoms with Crippen LogP contribution in [0.3, 0.4) is 0 Å². The molecule has 0 aliphatic carbocycles. The maximum absolute atomic E-state index is 5.71. The van der Waals surface area contributed by atoms with E-state index in [9.17, 15) is 0 Å². The van der Waals surface area contributed by atoms with Crippen molar-refractivity contribution >= 4 is 27.5 Å².